The molecule has 2 aromatic rings. The number of nitrogens with two attached hydrogens (primary N) is 1. The molecule has 1 aliphatic carbocycles. The van der Waals surface area contributed by atoms with Gasteiger partial charge in [-0.05, 0) is 70.6 Å². The van der Waals surface area contributed by atoms with Crippen molar-refractivity contribution < 1.29 is 38.2 Å². The van der Waals surface area contributed by atoms with Gasteiger partial charge in [0.1, 0.15) is 29.3 Å². The molecular weight excluding hydrogens is 580 g/mol. The number of unbranched alkanes of at least 4 members (excludes halogenated alkanes) is 3. The number of fused-ring (bicyclic) bond motifs is 1. The smallest absolute Gasteiger partial charge is 0.408 e. The van der Waals surface area contributed by atoms with Crippen molar-refractivity contribution in [3.05, 3.63) is 35.4 Å². The van der Waals surface area contributed by atoms with Gasteiger partial charge in [0.15, 0.2) is 5.58 Å². The number of hydrogen-bond donors (Lipinski definition) is 3. The van der Waals surface area contributed by atoms with E-state index in [0.29, 0.717) is 35.4 Å². The fourth-order valence-electron chi connectivity index (χ4n) is 5.15. The molecule has 43 heavy (non-hydrogen) atoms. The summed E-state index contributed by atoms with van der Waals surface area (Å²) in [7, 11) is 0. The number of halogens is 1. The summed E-state index contributed by atoms with van der Waals surface area (Å²) in [5.41, 5.74) is 5.89. The van der Waals surface area contributed by atoms with Crippen molar-refractivity contribution in [1.29, 1.82) is 0 Å². The number of benzene rings is 1. The number of ether oxygens (including phenoxy) is 2. The lowest BCUT2D eigenvalue weighted by Gasteiger charge is -2.28. The van der Waals surface area contributed by atoms with E-state index in [1.54, 1.807) is 39.0 Å². The average Bonchev–Trinajstić information content (AvgIpc) is 3.39. The Hall–Kier alpha value is -3.80. The van der Waals surface area contributed by atoms with Crippen LogP contribution in [0, 0.1) is 11.8 Å². The van der Waals surface area contributed by atoms with Crippen molar-refractivity contribution in [2.75, 3.05) is 6.54 Å². The fourth-order valence-corrected chi connectivity index (χ4v) is 5.31. The Morgan fingerprint density at radius 3 is 2.67 bits per heavy atom. The van der Waals surface area contributed by atoms with Crippen LogP contribution < -0.4 is 15.8 Å². The van der Waals surface area contributed by atoms with Gasteiger partial charge in [-0.2, -0.15) is 4.98 Å². The van der Waals surface area contributed by atoms with E-state index in [1.807, 2.05) is 12.2 Å². The first-order chi connectivity index (χ1) is 20.3. The van der Waals surface area contributed by atoms with Gasteiger partial charge >= 0.3 is 18.1 Å². The highest BCUT2D eigenvalue weighted by Gasteiger charge is 2.43. The summed E-state index contributed by atoms with van der Waals surface area (Å²) in [6.45, 7) is 5.22. The minimum absolute atomic E-state index is 0.0163. The first-order valence-corrected chi connectivity index (χ1v) is 14.9. The first-order valence-electron chi connectivity index (χ1n) is 14.5. The second-order valence-electron chi connectivity index (χ2n) is 12.1. The topological polar surface area (TPSA) is 174 Å². The third-order valence-corrected chi connectivity index (χ3v) is 7.60. The van der Waals surface area contributed by atoms with Crippen LogP contribution in [-0.4, -0.2) is 69.2 Å². The number of aromatic nitrogens is 1. The van der Waals surface area contributed by atoms with Gasteiger partial charge in [-0.1, -0.05) is 36.6 Å². The molecule has 1 saturated heterocycles. The monoisotopic (exact) mass is 618 g/mol. The number of hydrogen-bond acceptors (Lipinski definition) is 8. The number of alkyl carbamates (subject to hydrolysis) is 1. The standard InChI is InChI=1S/C30H39ClN4O8/c1-30(2,3)43-28(40)33-21(10-8-6-4-5-7-9-17-13-20(17)27(38)39)26(37)35-16-19(15-23(35)25(32)36)41-29-34-22-14-18(31)11-12-24(22)42-29/h7,9,11-12,14,17,19-21,23H,4-6,8,10,13,15-16H2,1-3H3,(H2,32,36)(H,33,40)(H,38,39)/b9-7-/t17-,19-,20+,21+,23+/m1/s1. The molecule has 0 spiro atoms. The number of aliphatic carboxylic acids is 1. The number of oxazole rings is 1. The number of amides is 3. The van der Waals surface area contributed by atoms with Gasteiger partial charge in [0.2, 0.25) is 11.8 Å². The lowest BCUT2D eigenvalue weighted by molar-refractivity contribution is -0.139. The van der Waals surface area contributed by atoms with Crippen LogP contribution in [0.1, 0.15) is 65.7 Å². The third-order valence-electron chi connectivity index (χ3n) is 7.36. The summed E-state index contributed by atoms with van der Waals surface area (Å²) in [5.74, 6) is -2.05. The molecule has 12 nitrogen and oxygen atoms in total. The van der Waals surface area contributed by atoms with Gasteiger partial charge < -0.3 is 34.9 Å². The van der Waals surface area contributed by atoms with Crippen molar-refractivity contribution in [3.63, 3.8) is 0 Å². The van der Waals surface area contributed by atoms with Gasteiger partial charge in [-0.15, -0.1) is 0 Å². The van der Waals surface area contributed by atoms with Crippen molar-refractivity contribution in [2.45, 2.75) is 89.5 Å². The minimum Gasteiger partial charge on any atom is -0.481 e. The van der Waals surface area contributed by atoms with E-state index in [9.17, 15) is 19.2 Å². The first kappa shape index (κ1) is 32.1. The lowest BCUT2D eigenvalue weighted by Crippen LogP contribution is -2.53. The van der Waals surface area contributed by atoms with Crippen LogP contribution in [-0.2, 0) is 19.1 Å². The number of rotatable bonds is 13. The van der Waals surface area contributed by atoms with Gasteiger partial charge in [-0.3, -0.25) is 14.4 Å². The van der Waals surface area contributed by atoms with Crippen molar-refractivity contribution in [2.24, 2.45) is 17.6 Å². The van der Waals surface area contributed by atoms with Crippen LogP contribution >= 0.6 is 11.6 Å². The Kier molecular flexibility index (Phi) is 10.2. The second kappa shape index (κ2) is 13.7. The minimum atomic E-state index is -0.944. The van der Waals surface area contributed by atoms with Crippen LogP contribution in [0.15, 0.2) is 34.8 Å². The van der Waals surface area contributed by atoms with Gasteiger partial charge in [0.05, 0.1) is 12.5 Å². The predicted molar refractivity (Wildman–Crippen MR) is 157 cm³/mol. The number of nitrogens with zero attached hydrogens (tertiary/aromatic N) is 2. The Bertz CT molecular complexity index is 1370. The maximum absolute atomic E-state index is 13.8. The predicted octanol–water partition coefficient (Wildman–Crippen LogP) is 4.44. The highest BCUT2D eigenvalue weighted by Crippen LogP contribution is 2.39. The lowest BCUT2D eigenvalue weighted by atomic mass is 10.0. The number of carbonyl (C=O) groups excluding carboxylic acids is 3. The Labute approximate surface area is 254 Å². The molecule has 0 bridgehead atoms. The number of nitrogens with one attached hydrogen (secondary N) is 1. The van der Waals surface area contributed by atoms with Gasteiger partial charge in [0.25, 0.3) is 0 Å². The Morgan fingerprint density at radius 2 is 2.00 bits per heavy atom. The molecule has 2 aliphatic rings. The SMILES string of the molecule is CC(C)(C)OC(=O)N[C@@H](CCCCC/C=C\[C@@H]1C[C@@H]1C(=O)O)C(=O)N1C[C@H](Oc2nc3cc(Cl)ccc3o2)C[C@H]1C(N)=O. The molecule has 4 rings (SSSR count). The van der Waals surface area contributed by atoms with Crippen molar-refractivity contribution >= 4 is 46.6 Å². The molecule has 1 aromatic heterocycles. The van der Waals surface area contributed by atoms with E-state index in [4.69, 9.17) is 36.3 Å². The fraction of sp³-hybridized carbons (Fsp3) is 0.567. The molecule has 1 aliphatic heterocycles. The zero-order valence-electron chi connectivity index (χ0n) is 24.6. The van der Waals surface area contributed by atoms with Crippen LogP contribution in [0.3, 0.4) is 0 Å². The maximum Gasteiger partial charge on any atom is 0.408 e. The molecule has 0 radical (unpaired) electrons. The van der Waals surface area contributed by atoms with Crippen LogP contribution in [0.5, 0.6) is 6.08 Å². The summed E-state index contributed by atoms with van der Waals surface area (Å²) in [4.78, 5) is 55.3. The van der Waals surface area contributed by atoms with Crippen molar-refractivity contribution in [1.82, 2.24) is 15.2 Å². The zero-order chi connectivity index (χ0) is 31.3. The Morgan fingerprint density at radius 1 is 1.23 bits per heavy atom. The number of primary amides is 1. The molecule has 13 heteroatoms. The molecule has 1 aromatic carbocycles. The summed E-state index contributed by atoms with van der Waals surface area (Å²) in [6.07, 6.45) is 6.77. The molecule has 0 unspecified atom stereocenters. The summed E-state index contributed by atoms with van der Waals surface area (Å²) < 4.78 is 16.9. The summed E-state index contributed by atoms with van der Waals surface area (Å²) >= 11 is 6.02. The van der Waals surface area contributed by atoms with Crippen molar-refractivity contribution in [3.8, 4) is 6.08 Å². The van der Waals surface area contributed by atoms with E-state index in [1.165, 1.54) is 4.90 Å². The van der Waals surface area contributed by atoms with E-state index in [2.05, 4.69) is 10.3 Å². The number of carboxylic acid groups (broad SMARTS) is 1. The van der Waals surface area contributed by atoms with Crippen LogP contribution in [0.2, 0.25) is 5.02 Å². The van der Waals surface area contributed by atoms with Crippen LogP contribution in [0.4, 0.5) is 4.79 Å². The van der Waals surface area contributed by atoms with E-state index in [-0.39, 0.29) is 30.9 Å². The maximum atomic E-state index is 13.8. The summed E-state index contributed by atoms with van der Waals surface area (Å²) in [5, 5.41) is 12.2. The molecule has 5 atom stereocenters. The van der Waals surface area contributed by atoms with Gasteiger partial charge in [0, 0.05) is 11.4 Å². The molecule has 4 N–H and O–H groups in total. The summed E-state index contributed by atoms with van der Waals surface area (Å²) in [6, 6.07) is 3.08. The molecular formula is C30H39ClN4O8. The molecule has 234 valence electrons. The second-order valence-corrected chi connectivity index (χ2v) is 12.5. The molecule has 1 saturated carbocycles. The highest BCUT2D eigenvalue weighted by atomic mass is 35.5. The number of carboxylic acids is 1. The normalized spacial score (nSPS) is 22.5. The Balaban J connectivity index is 1.36. The number of carbonyl (C=O) groups is 4. The molecule has 3 amide bonds. The average molecular weight is 619 g/mol. The van der Waals surface area contributed by atoms with E-state index >= 15 is 0 Å². The largest absolute Gasteiger partial charge is 0.481 e. The van der Waals surface area contributed by atoms with E-state index in [0.717, 1.165) is 19.3 Å². The third kappa shape index (κ3) is 9.09. The zero-order valence-corrected chi connectivity index (χ0v) is 25.3. The quantitative estimate of drug-likeness (QED) is 0.216. The van der Waals surface area contributed by atoms with Crippen LogP contribution in [0.25, 0.3) is 11.1 Å². The number of likely N-dealkylation sites (tertiary alicyclic amines) is 1. The number of allylic oxidation sites excluding steroid dienone is 2. The molecule has 2 heterocycles. The van der Waals surface area contributed by atoms with E-state index < -0.39 is 47.7 Å². The van der Waals surface area contributed by atoms with Gasteiger partial charge in [-0.25, -0.2) is 4.79 Å². The highest BCUT2D eigenvalue weighted by molar-refractivity contribution is 6.31. The molecule has 2 fully saturated rings.